The van der Waals surface area contributed by atoms with Crippen LogP contribution < -0.4 is 10.1 Å². The SMILES string of the molecule is CCCCN(C)C.CCOc1ccc(C)c(C(=O)NC2(c3cccc4ccccc34)CC2)c1. The Hall–Kier alpha value is -2.85. The lowest BCUT2D eigenvalue weighted by Gasteiger charge is -2.21. The minimum absolute atomic E-state index is 0.0329. The number of nitrogens with one attached hydrogen (secondary N) is 1. The van der Waals surface area contributed by atoms with Crippen molar-refractivity contribution < 1.29 is 9.53 Å². The molecule has 33 heavy (non-hydrogen) atoms. The molecule has 4 heteroatoms. The number of hydrogen-bond donors (Lipinski definition) is 1. The third-order valence-corrected chi connectivity index (χ3v) is 6.13. The number of nitrogens with zero attached hydrogens (tertiary/aromatic N) is 1. The molecule has 1 N–H and O–H groups in total. The monoisotopic (exact) mass is 446 g/mol. The summed E-state index contributed by atoms with van der Waals surface area (Å²) in [4.78, 5) is 15.2. The highest BCUT2D eigenvalue weighted by molar-refractivity contribution is 5.97. The Balaban J connectivity index is 0.000000383. The van der Waals surface area contributed by atoms with Crippen molar-refractivity contribution in [3.8, 4) is 5.75 Å². The lowest BCUT2D eigenvalue weighted by atomic mass is 9.96. The Morgan fingerprint density at radius 2 is 1.76 bits per heavy atom. The van der Waals surface area contributed by atoms with Crippen LogP contribution >= 0.6 is 0 Å². The minimum atomic E-state index is -0.258. The van der Waals surface area contributed by atoms with Gasteiger partial charge in [-0.05, 0) is 87.8 Å². The highest BCUT2D eigenvalue weighted by Crippen LogP contribution is 2.48. The number of carbonyl (C=O) groups excluding carboxylic acids is 1. The zero-order chi connectivity index (χ0) is 23.8. The lowest BCUT2D eigenvalue weighted by molar-refractivity contribution is 0.0930. The number of amides is 1. The Bertz CT molecular complexity index is 1060. The van der Waals surface area contributed by atoms with Crippen molar-refractivity contribution in [1.29, 1.82) is 0 Å². The molecule has 176 valence electrons. The van der Waals surface area contributed by atoms with Gasteiger partial charge in [0.25, 0.3) is 5.91 Å². The fourth-order valence-corrected chi connectivity index (χ4v) is 4.09. The van der Waals surface area contributed by atoms with Crippen molar-refractivity contribution in [2.45, 2.75) is 52.0 Å². The molecule has 1 fully saturated rings. The first-order valence-corrected chi connectivity index (χ1v) is 12.1. The van der Waals surface area contributed by atoms with E-state index in [-0.39, 0.29) is 11.4 Å². The molecule has 4 nitrogen and oxygen atoms in total. The largest absolute Gasteiger partial charge is 0.494 e. The van der Waals surface area contributed by atoms with Crippen molar-refractivity contribution in [1.82, 2.24) is 10.2 Å². The molecule has 3 aromatic carbocycles. The smallest absolute Gasteiger partial charge is 0.252 e. The first-order chi connectivity index (χ1) is 15.9. The maximum atomic E-state index is 13.0. The van der Waals surface area contributed by atoms with Gasteiger partial charge in [0, 0.05) is 5.56 Å². The van der Waals surface area contributed by atoms with Gasteiger partial charge in [0.15, 0.2) is 0 Å². The van der Waals surface area contributed by atoms with Crippen LogP contribution in [0, 0.1) is 6.92 Å². The molecule has 0 aromatic heterocycles. The third kappa shape index (κ3) is 6.35. The first-order valence-electron chi connectivity index (χ1n) is 12.1. The third-order valence-electron chi connectivity index (χ3n) is 6.13. The first kappa shape index (κ1) is 24.8. The van der Waals surface area contributed by atoms with Gasteiger partial charge in [-0.2, -0.15) is 0 Å². The highest BCUT2D eigenvalue weighted by Gasteiger charge is 2.46. The molecular formula is C29H38N2O2. The molecule has 1 aliphatic carbocycles. The van der Waals surface area contributed by atoms with E-state index in [1.54, 1.807) is 0 Å². The maximum absolute atomic E-state index is 13.0. The summed E-state index contributed by atoms with van der Waals surface area (Å²) in [6.07, 6.45) is 4.57. The second kappa shape index (κ2) is 11.3. The number of fused-ring (bicyclic) bond motifs is 1. The second-order valence-corrected chi connectivity index (χ2v) is 9.13. The molecule has 0 atom stereocenters. The lowest BCUT2D eigenvalue weighted by Crippen LogP contribution is -2.35. The van der Waals surface area contributed by atoms with Gasteiger partial charge in [0.1, 0.15) is 5.75 Å². The fraction of sp³-hybridized carbons (Fsp3) is 0.414. The van der Waals surface area contributed by atoms with Gasteiger partial charge in [0.2, 0.25) is 0 Å². The summed E-state index contributed by atoms with van der Waals surface area (Å²) in [7, 11) is 4.21. The van der Waals surface area contributed by atoms with Crippen molar-refractivity contribution in [3.05, 3.63) is 77.4 Å². The molecule has 3 aromatic rings. The van der Waals surface area contributed by atoms with Crippen LogP contribution in [0.15, 0.2) is 60.7 Å². The summed E-state index contributed by atoms with van der Waals surface area (Å²) >= 11 is 0. The van der Waals surface area contributed by atoms with Gasteiger partial charge in [-0.1, -0.05) is 61.9 Å². The van der Waals surface area contributed by atoms with Crippen LogP contribution in [0.4, 0.5) is 0 Å². The van der Waals surface area contributed by atoms with E-state index in [0.717, 1.165) is 24.2 Å². The van der Waals surface area contributed by atoms with Gasteiger partial charge in [-0.25, -0.2) is 0 Å². The van der Waals surface area contributed by atoms with E-state index >= 15 is 0 Å². The number of ether oxygens (including phenoxy) is 1. The molecule has 0 bridgehead atoms. The molecule has 0 heterocycles. The van der Waals surface area contributed by atoms with E-state index in [2.05, 4.69) is 67.6 Å². The Labute approximate surface area is 198 Å². The van der Waals surface area contributed by atoms with Crippen LogP contribution in [-0.2, 0) is 5.54 Å². The fourth-order valence-electron chi connectivity index (χ4n) is 4.09. The van der Waals surface area contributed by atoms with Gasteiger partial charge >= 0.3 is 0 Å². The maximum Gasteiger partial charge on any atom is 0.252 e. The van der Waals surface area contributed by atoms with Crippen LogP contribution in [0.3, 0.4) is 0 Å². The van der Waals surface area contributed by atoms with E-state index in [9.17, 15) is 4.79 Å². The van der Waals surface area contributed by atoms with Crippen LogP contribution in [0.5, 0.6) is 5.75 Å². The summed E-state index contributed by atoms with van der Waals surface area (Å²) in [6.45, 7) is 7.94. The average molecular weight is 447 g/mol. The van der Waals surface area contributed by atoms with Gasteiger partial charge in [-0.3, -0.25) is 4.79 Å². The molecule has 0 spiro atoms. The van der Waals surface area contributed by atoms with Crippen molar-refractivity contribution >= 4 is 16.7 Å². The van der Waals surface area contributed by atoms with Gasteiger partial charge in [0.05, 0.1) is 12.1 Å². The van der Waals surface area contributed by atoms with Crippen LogP contribution in [0.2, 0.25) is 0 Å². The molecule has 0 saturated heterocycles. The Morgan fingerprint density at radius 3 is 2.39 bits per heavy atom. The molecule has 4 rings (SSSR count). The van der Waals surface area contributed by atoms with Crippen molar-refractivity contribution in [2.75, 3.05) is 27.2 Å². The number of benzene rings is 3. The standard InChI is InChI=1S/C23H23NO2.C6H15N/c1-3-26-18-12-11-16(2)20(15-18)22(25)24-23(13-14-23)21-10-6-8-17-7-4-5-9-19(17)21;1-4-5-6-7(2)3/h4-12,15H,3,13-14H2,1-2H3,(H,24,25);4-6H2,1-3H3. The Morgan fingerprint density at radius 1 is 1.03 bits per heavy atom. The summed E-state index contributed by atoms with van der Waals surface area (Å²) in [5.74, 6) is 0.702. The number of rotatable bonds is 8. The second-order valence-electron chi connectivity index (χ2n) is 9.13. The van der Waals surface area contributed by atoms with Crippen molar-refractivity contribution in [3.63, 3.8) is 0 Å². The molecule has 0 aliphatic heterocycles. The summed E-state index contributed by atoms with van der Waals surface area (Å²) in [5.41, 5.74) is 2.59. The van der Waals surface area contributed by atoms with Gasteiger partial charge < -0.3 is 15.0 Å². The zero-order valence-corrected chi connectivity index (χ0v) is 20.8. The summed E-state index contributed by atoms with van der Waals surface area (Å²) in [6, 6.07) is 20.4. The van der Waals surface area contributed by atoms with E-state index in [1.807, 2.05) is 38.1 Å². The molecule has 1 aliphatic rings. The number of unbranched alkanes of at least 4 members (excludes halogenated alkanes) is 1. The van der Waals surface area contributed by atoms with Crippen LogP contribution in [0.1, 0.15) is 61.0 Å². The molecular weight excluding hydrogens is 408 g/mol. The molecule has 0 unspecified atom stereocenters. The number of carbonyl (C=O) groups is 1. The normalized spacial score (nSPS) is 13.9. The minimum Gasteiger partial charge on any atom is -0.494 e. The number of hydrogen-bond acceptors (Lipinski definition) is 3. The zero-order valence-electron chi connectivity index (χ0n) is 20.8. The summed E-state index contributed by atoms with van der Waals surface area (Å²) in [5, 5.41) is 5.73. The van der Waals surface area contributed by atoms with E-state index in [4.69, 9.17) is 4.74 Å². The number of aryl methyl sites for hydroxylation is 1. The van der Waals surface area contributed by atoms with Crippen LogP contribution in [0.25, 0.3) is 10.8 Å². The van der Waals surface area contributed by atoms with E-state index < -0.39 is 0 Å². The van der Waals surface area contributed by atoms with E-state index in [0.29, 0.717) is 12.2 Å². The average Bonchev–Trinajstić information content (AvgIpc) is 3.59. The van der Waals surface area contributed by atoms with Crippen molar-refractivity contribution in [2.24, 2.45) is 0 Å². The molecule has 1 amide bonds. The highest BCUT2D eigenvalue weighted by atomic mass is 16.5. The topological polar surface area (TPSA) is 41.6 Å². The van der Waals surface area contributed by atoms with E-state index in [1.165, 1.54) is 35.7 Å². The predicted molar refractivity (Wildman–Crippen MR) is 138 cm³/mol. The van der Waals surface area contributed by atoms with Crippen LogP contribution in [-0.4, -0.2) is 38.1 Å². The quantitative estimate of drug-likeness (QED) is 0.441. The Kier molecular flexibility index (Phi) is 8.51. The van der Waals surface area contributed by atoms with Gasteiger partial charge in [-0.15, -0.1) is 0 Å². The summed E-state index contributed by atoms with van der Waals surface area (Å²) < 4.78 is 5.56. The predicted octanol–water partition coefficient (Wildman–Crippen LogP) is 6.31. The molecule has 0 radical (unpaired) electrons. The molecule has 1 saturated carbocycles.